The molecule has 2 aliphatic rings. The van der Waals surface area contributed by atoms with Crippen LogP contribution in [-0.2, 0) is 11.0 Å². The summed E-state index contributed by atoms with van der Waals surface area (Å²) in [6.07, 6.45) is 5.41. The smallest absolute Gasteiger partial charge is 0.171 e. The average molecular weight is 673 g/mol. The van der Waals surface area contributed by atoms with Gasteiger partial charge < -0.3 is 14.4 Å². The van der Waals surface area contributed by atoms with Crippen molar-refractivity contribution in [1.29, 1.82) is 0 Å². The zero-order chi connectivity index (χ0) is 33.9. The molecule has 1 aliphatic heterocycles. The number of hydrogen-bond donors (Lipinski definition) is 0. The van der Waals surface area contributed by atoms with Crippen molar-refractivity contribution in [3.8, 4) is 0 Å². The Morgan fingerprint density at radius 1 is 0.451 bits per heavy atom. The number of allylic oxidation sites excluding steroid dienone is 1. The highest BCUT2D eigenvalue weighted by Crippen LogP contribution is 2.57. The number of anilines is 6. The van der Waals surface area contributed by atoms with Gasteiger partial charge in [0.05, 0.1) is 22.7 Å². The predicted octanol–water partition coefficient (Wildman–Crippen LogP) is 11.5. The lowest BCUT2D eigenvalue weighted by Gasteiger charge is -2.42. The molecule has 1 heterocycles. The molecule has 242 valence electrons. The second kappa shape index (κ2) is 11.7. The Morgan fingerprint density at radius 2 is 1.08 bits per heavy atom. The Bertz CT molecular complexity index is 2660. The third-order valence-corrected chi connectivity index (χ3v) is 13.4. The lowest BCUT2D eigenvalue weighted by atomic mass is 9.88. The molecule has 0 bridgehead atoms. The van der Waals surface area contributed by atoms with Gasteiger partial charge >= 0.3 is 0 Å². The first-order valence-electron chi connectivity index (χ1n) is 17.4. The SMILES string of the molecule is O=P(c1ccccc1)(c1ccccc1)c1ccc2cc(N3c4ccccc4N(c4ccccc4)c4c3cc3cccc5c3c4CC=C5)ccc2c1. The van der Waals surface area contributed by atoms with Gasteiger partial charge in [-0.2, -0.15) is 0 Å². The summed E-state index contributed by atoms with van der Waals surface area (Å²) in [5.74, 6) is 0. The second-order valence-corrected chi connectivity index (χ2v) is 16.0. The Balaban J connectivity index is 1.18. The van der Waals surface area contributed by atoms with E-state index in [2.05, 4.69) is 137 Å². The molecule has 51 heavy (non-hydrogen) atoms. The zero-order valence-corrected chi connectivity index (χ0v) is 28.7. The van der Waals surface area contributed by atoms with Gasteiger partial charge in [-0.25, -0.2) is 0 Å². The molecule has 0 saturated heterocycles. The van der Waals surface area contributed by atoms with Crippen LogP contribution in [0.25, 0.3) is 27.6 Å². The van der Waals surface area contributed by atoms with E-state index in [9.17, 15) is 0 Å². The van der Waals surface area contributed by atoms with E-state index in [1.165, 1.54) is 27.6 Å². The van der Waals surface area contributed by atoms with Gasteiger partial charge in [-0.15, -0.1) is 0 Å². The van der Waals surface area contributed by atoms with Gasteiger partial charge in [0.25, 0.3) is 0 Å². The van der Waals surface area contributed by atoms with Gasteiger partial charge in [0.15, 0.2) is 7.14 Å². The third-order valence-electron chi connectivity index (χ3n) is 10.4. The van der Waals surface area contributed by atoms with Gasteiger partial charge in [-0.1, -0.05) is 140 Å². The van der Waals surface area contributed by atoms with Crippen LogP contribution >= 0.6 is 7.14 Å². The Labute approximate surface area is 297 Å². The van der Waals surface area contributed by atoms with Crippen LogP contribution in [0.2, 0.25) is 0 Å². The van der Waals surface area contributed by atoms with E-state index in [0.29, 0.717) is 0 Å². The van der Waals surface area contributed by atoms with Gasteiger partial charge in [0.2, 0.25) is 0 Å². The lowest BCUT2D eigenvalue weighted by molar-refractivity contribution is 0.592. The van der Waals surface area contributed by atoms with Gasteiger partial charge in [0.1, 0.15) is 0 Å². The highest BCUT2D eigenvalue weighted by Gasteiger charge is 2.34. The van der Waals surface area contributed by atoms with E-state index in [4.69, 9.17) is 0 Å². The molecule has 1 aliphatic carbocycles. The third kappa shape index (κ3) is 4.63. The fourth-order valence-electron chi connectivity index (χ4n) is 8.10. The minimum atomic E-state index is -3.10. The van der Waals surface area contributed by atoms with Crippen molar-refractivity contribution in [3.63, 3.8) is 0 Å². The summed E-state index contributed by atoms with van der Waals surface area (Å²) in [7, 11) is -3.10. The van der Waals surface area contributed by atoms with Crippen molar-refractivity contribution in [2.45, 2.75) is 6.42 Å². The summed E-state index contributed by atoms with van der Waals surface area (Å²) in [4.78, 5) is 4.88. The normalized spacial score (nSPS) is 13.3. The number of benzene rings is 8. The van der Waals surface area contributed by atoms with Crippen LogP contribution in [0.5, 0.6) is 0 Å². The molecular weight excluding hydrogens is 640 g/mol. The molecule has 8 aromatic rings. The van der Waals surface area contributed by atoms with Crippen LogP contribution in [0.3, 0.4) is 0 Å². The fraction of sp³-hybridized carbons (Fsp3) is 0.0213. The molecule has 0 fully saturated rings. The monoisotopic (exact) mass is 672 g/mol. The van der Waals surface area contributed by atoms with Crippen LogP contribution in [0, 0.1) is 0 Å². The summed E-state index contributed by atoms with van der Waals surface area (Å²) < 4.78 is 15.2. The largest absolute Gasteiger partial charge is 0.309 e. The second-order valence-electron chi connectivity index (χ2n) is 13.3. The molecule has 0 radical (unpaired) electrons. The van der Waals surface area contributed by atoms with E-state index in [0.717, 1.165) is 61.5 Å². The maximum absolute atomic E-state index is 15.2. The first-order valence-corrected chi connectivity index (χ1v) is 19.1. The first-order chi connectivity index (χ1) is 25.2. The predicted molar refractivity (Wildman–Crippen MR) is 217 cm³/mol. The minimum absolute atomic E-state index is 0.835. The molecule has 4 heteroatoms. The summed E-state index contributed by atoms with van der Waals surface area (Å²) >= 11 is 0. The number of fused-ring (bicyclic) bond motifs is 4. The van der Waals surface area contributed by atoms with E-state index in [1.807, 2.05) is 60.7 Å². The highest BCUT2D eigenvalue weighted by molar-refractivity contribution is 7.85. The molecule has 10 rings (SSSR count). The van der Waals surface area contributed by atoms with E-state index >= 15 is 4.57 Å². The quantitative estimate of drug-likeness (QED) is 0.170. The Kier molecular flexibility index (Phi) is 6.84. The Hall–Kier alpha value is -6.15. The number of rotatable bonds is 5. The molecule has 0 N–H and O–H groups in total. The van der Waals surface area contributed by atoms with Gasteiger partial charge in [-0.3, -0.25) is 0 Å². The standard InChI is InChI=1S/C47H33N2OP/c50-51(39-19-6-2-7-20-39,40-21-8-3-9-22-40)41-29-27-34-30-38(28-26-35(34)31-41)48-43-24-10-11-25-44(43)49(37-17-4-1-5-18-37)47-42-23-13-15-33-14-12-16-36(46(33)42)32-45(47)48/h1-22,24-32H,23H2. The van der Waals surface area contributed by atoms with Gasteiger partial charge in [0, 0.05) is 27.3 Å². The molecular formula is C47H33N2OP. The van der Waals surface area contributed by atoms with Crippen LogP contribution in [0.15, 0.2) is 182 Å². The maximum atomic E-state index is 15.2. The molecule has 8 aromatic carbocycles. The van der Waals surface area contributed by atoms with E-state index in [1.54, 1.807) is 0 Å². The van der Waals surface area contributed by atoms with Crippen molar-refractivity contribution >= 4 is 84.8 Å². The van der Waals surface area contributed by atoms with Crippen LogP contribution in [-0.4, -0.2) is 0 Å². The summed E-state index contributed by atoms with van der Waals surface area (Å²) in [6.45, 7) is 0. The van der Waals surface area contributed by atoms with E-state index < -0.39 is 7.14 Å². The lowest BCUT2D eigenvalue weighted by Crippen LogP contribution is -2.25. The summed E-state index contributed by atoms with van der Waals surface area (Å²) in [5, 5.41) is 7.24. The van der Waals surface area contributed by atoms with Crippen molar-refractivity contribution in [3.05, 3.63) is 193 Å². The number of para-hydroxylation sites is 3. The molecule has 0 aromatic heterocycles. The fourth-order valence-corrected chi connectivity index (χ4v) is 10.8. The van der Waals surface area contributed by atoms with Crippen molar-refractivity contribution in [2.24, 2.45) is 0 Å². The van der Waals surface area contributed by atoms with Crippen LogP contribution in [0.4, 0.5) is 34.1 Å². The topological polar surface area (TPSA) is 23.6 Å². The first kappa shape index (κ1) is 29.7. The Morgan fingerprint density at radius 3 is 1.80 bits per heavy atom. The maximum Gasteiger partial charge on any atom is 0.171 e. The molecule has 0 unspecified atom stereocenters. The molecule has 3 nitrogen and oxygen atoms in total. The zero-order valence-electron chi connectivity index (χ0n) is 27.9. The summed E-state index contributed by atoms with van der Waals surface area (Å²) in [6, 6.07) is 61.2. The van der Waals surface area contributed by atoms with Crippen LogP contribution < -0.4 is 25.7 Å². The number of hydrogen-bond acceptors (Lipinski definition) is 3. The van der Waals surface area contributed by atoms with Crippen LogP contribution in [0.1, 0.15) is 11.1 Å². The molecule has 0 saturated carbocycles. The van der Waals surface area contributed by atoms with Crippen molar-refractivity contribution in [2.75, 3.05) is 9.80 Å². The van der Waals surface area contributed by atoms with Gasteiger partial charge in [-0.05, 0) is 87.6 Å². The summed E-state index contributed by atoms with van der Waals surface area (Å²) in [5.41, 5.74) is 9.46. The molecule has 0 spiro atoms. The number of nitrogens with zero attached hydrogens (tertiary/aromatic N) is 2. The molecule has 0 atom stereocenters. The van der Waals surface area contributed by atoms with Crippen molar-refractivity contribution in [1.82, 2.24) is 0 Å². The van der Waals surface area contributed by atoms with E-state index in [-0.39, 0.29) is 0 Å². The average Bonchev–Trinajstić information content (AvgIpc) is 3.20. The minimum Gasteiger partial charge on any atom is -0.309 e. The highest BCUT2D eigenvalue weighted by atomic mass is 31.2. The van der Waals surface area contributed by atoms with Crippen molar-refractivity contribution < 1.29 is 4.57 Å². The molecule has 0 amide bonds.